The van der Waals surface area contributed by atoms with Gasteiger partial charge in [-0.1, -0.05) is 29.8 Å². The van der Waals surface area contributed by atoms with Crippen molar-refractivity contribution >= 4 is 5.91 Å². The van der Waals surface area contributed by atoms with E-state index in [9.17, 15) is 4.79 Å². The van der Waals surface area contributed by atoms with Crippen LogP contribution in [0.4, 0.5) is 0 Å². The highest BCUT2D eigenvalue weighted by atomic mass is 16.5. The molecule has 2 fully saturated rings. The molecule has 23 heavy (non-hydrogen) atoms. The van der Waals surface area contributed by atoms with E-state index in [2.05, 4.69) is 38.1 Å². The Morgan fingerprint density at radius 3 is 2.74 bits per heavy atom. The minimum atomic E-state index is -0.110. The molecule has 0 aliphatic carbocycles. The van der Waals surface area contributed by atoms with Crippen molar-refractivity contribution in [2.45, 2.75) is 45.3 Å². The molecule has 4 heteroatoms. The molecule has 0 radical (unpaired) electrons. The van der Waals surface area contributed by atoms with Crippen LogP contribution >= 0.6 is 0 Å². The first kappa shape index (κ1) is 16.5. The zero-order valence-electron chi connectivity index (χ0n) is 14.2. The number of nitrogens with two attached hydrogens (primary N) is 1. The number of amides is 1. The van der Waals surface area contributed by atoms with Crippen molar-refractivity contribution in [3.8, 4) is 0 Å². The van der Waals surface area contributed by atoms with E-state index in [0.717, 1.165) is 38.0 Å². The van der Waals surface area contributed by atoms with Crippen LogP contribution in [-0.2, 0) is 9.53 Å². The molecule has 1 aromatic rings. The smallest absolute Gasteiger partial charge is 0.228 e. The number of likely N-dealkylation sites (tertiary alicyclic amines) is 1. The summed E-state index contributed by atoms with van der Waals surface area (Å²) in [6, 6.07) is 8.68. The maximum atomic E-state index is 13.1. The molecule has 2 aliphatic rings. The molecule has 0 spiro atoms. The second-order valence-electron chi connectivity index (χ2n) is 7.13. The third-order valence-electron chi connectivity index (χ3n) is 5.32. The van der Waals surface area contributed by atoms with Crippen molar-refractivity contribution in [2.24, 2.45) is 17.6 Å². The molecule has 0 bridgehead atoms. The zero-order valence-corrected chi connectivity index (χ0v) is 14.2. The fraction of sp³-hybridized carbons (Fsp3) is 0.632. The largest absolute Gasteiger partial charge is 0.373 e. The molecule has 3 rings (SSSR count). The summed E-state index contributed by atoms with van der Waals surface area (Å²) in [4.78, 5) is 15.2. The van der Waals surface area contributed by atoms with Gasteiger partial charge in [0.05, 0.1) is 12.0 Å². The van der Waals surface area contributed by atoms with E-state index in [4.69, 9.17) is 10.5 Å². The second-order valence-corrected chi connectivity index (χ2v) is 7.13. The van der Waals surface area contributed by atoms with Crippen LogP contribution in [0.5, 0.6) is 0 Å². The topological polar surface area (TPSA) is 55.6 Å². The number of hydrogen-bond donors (Lipinski definition) is 1. The van der Waals surface area contributed by atoms with E-state index in [1.54, 1.807) is 0 Å². The lowest BCUT2D eigenvalue weighted by atomic mass is 9.88. The van der Waals surface area contributed by atoms with Crippen LogP contribution in [0, 0.1) is 18.8 Å². The summed E-state index contributed by atoms with van der Waals surface area (Å²) < 4.78 is 6.01. The van der Waals surface area contributed by atoms with Gasteiger partial charge in [-0.3, -0.25) is 4.79 Å². The number of ether oxygens (including phenoxy) is 1. The van der Waals surface area contributed by atoms with Gasteiger partial charge < -0.3 is 15.4 Å². The van der Waals surface area contributed by atoms with Crippen molar-refractivity contribution in [1.82, 2.24) is 4.90 Å². The maximum absolute atomic E-state index is 13.1. The van der Waals surface area contributed by atoms with Crippen molar-refractivity contribution in [3.63, 3.8) is 0 Å². The highest BCUT2D eigenvalue weighted by molar-refractivity contribution is 5.80. The van der Waals surface area contributed by atoms with Crippen molar-refractivity contribution in [1.29, 1.82) is 0 Å². The predicted molar refractivity (Wildman–Crippen MR) is 90.9 cm³/mol. The van der Waals surface area contributed by atoms with E-state index in [-0.39, 0.29) is 24.0 Å². The van der Waals surface area contributed by atoms with E-state index in [0.29, 0.717) is 12.5 Å². The van der Waals surface area contributed by atoms with Crippen molar-refractivity contribution < 1.29 is 9.53 Å². The Bertz CT molecular complexity index is 543. The zero-order chi connectivity index (χ0) is 16.4. The Morgan fingerprint density at radius 1 is 1.35 bits per heavy atom. The first-order chi connectivity index (χ1) is 11.1. The summed E-state index contributed by atoms with van der Waals surface area (Å²) in [5.74, 6) is 0.625. The molecule has 4 nitrogen and oxygen atoms in total. The Hall–Kier alpha value is -1.39. The summed E-state index contributed by atoms with van der Waals surface area (Å²) in [6.07, 6.45) is 2.78. The molecule has 1 amide bonds. The molecule has 0 aromatic heterocycles. The maximum Gasteiger partial charge on any atom is 0.228 e. The lowest BCUT2D eigenvalue weighted by molar-refractivity contribution is -0.146. The molecular formula is C19H28N2O2. The average molecular weight is 316 g/mol. The summed E-state index contributed by atoms with van der Waals surface area (Å²) in [5.41, 5.74) is 8.16. The molecule has 4 unspecified atom stereocenters. The SMILES string of the molecule is Cc1ccc(C2OCCCC2C(=O)N2CC(CN)CC2C)cc1. The number of rotatable bonds is 3. The average Bonchev–Trinajstić information content (AvgIpc) is 2.96. The lowest BCUT2D eigenvalue weighted by Gasteiger charge is -2.35. The highest BCUT2D eigenvalue weighted by Gasteiger charge is 2.40. The van der Waals surface area contributed by atoms with Gasteiger partial charge in [0.15, 0.2) is 0 Å². The molecular weight excluding hydrogens is 288 g/mol. The van der Waals surface area contributed by atoms with Gasteiger partial charge in [0.2, 0.25) is 5.91 Å². The van der Waals surface area contributed by atoms with Gasteiger partial charge in [-0.25, -0.2) is 0 Å². The molecule has 1 aromatic carbocycles. The Labute approximate surface area is 139 Å². The van der Waals surface area contributed by atoms with E-state index >= 15 is 0 Å². The summed E-state index contributed by atoms with van der Waals surface area (Å²) in [6.45, 7) is 6.42. The van der Waals surface area contributed by atoms with Gasteiger partial charge in [-0.05, 0) is 51.1 Å². The molecule has 2 heterocycles. The normalized spacial score (nSPS) is 31.3. The van der Waals surface area contributed by atoms with Crippen LogP contribution < -0.4 is 5.73 Å². The van der Waals surface area contributed by atoms with E-state index in [1.807, 2.05) is 4.90 Å². The van der Waals surface area contributed by atoms with Gasteiger partial charge in [0.25, 0.3) is 0 Å². The summed E-state index contributed by atoms with van der Waals surface area (Å²) >= 11 is 0. The van der Waals surface area contributed by atoms with Gasteiger partial charge in [-0.15, -0.1) is 0 Å². The van der Waals surface area contributed by atoms with Gasteiger partial charge in [0, 0.05) is 19.2 Å². The molecule has 0 saturated carbocycles. The van der Waals surface area contributed by atoms with Crippen LogP contribution in [0.3, 0.4) is 0 Å². The van der Waals surface area contributed by atoms with E-state index < -0.39 is 0 Å². The van der Waals surface area contributed by atoms with Gasteiger partial charge >= 0.3 is 0 Å². The fourth-order valence-electron chi connectivity index (χ4n) is 3.95. The Kier molecular flexibility index (Phi) is 5.02. The van der Waals surface area contributed by atoms with Crippen molar-refractivity contribution in [2.75, 3.05) is 19.7 Å². The van der Waals surface area contributed by atoms with Crippen LogP contribution in [0.25, 0.3) is 0 Å². The van der Waals surface area contributed by atoms with Crippen LogP contribution in [0.15, 0.2) is 24.3 Å². The summed E-state index contributed by atoms with van der Waals surface area (Å²) in [7, 11) is 0. The standard InChI is InChI=1S/C19H28N2O2/c1-13-5-7-16(8-6-13)18-17(4-3-9-23-18)19(22)21-12-15(11-20)10-14(21)2/h5-8,14-15,17-18H,3-4,9-12,20H2,1-2H3. The number of nitrogens with zero attached hydrogens (tertiary/aromatic N) is 1. The number of benzene rings is 1. The van der Waals surface area contributed by atoms with E-state index in [1.165, 1.54) is 5.56 Å². The van der Waals surface area contributed by atoms with Crippen molar-refractivity contribution in [3.05, 3.63) is 35.4 Å². The minimum Gasteiger partial charge on any atom is -0.373 e. The third-order valence-corrected chi connectivity index (χ3v) is 5.32. The lowest BCUT2D eigenvalue weighted by Crippen LogP contribution is -2.42. The molecule has 126 valence electrons. The van der Waals surface area contributed by atoms with Crippen LogP contribution in [0.2, 0.25) is 0 Å². The molecule has 2 saturated heterocycles. The monoisotopic (exact) mass is 316 g/mol. The molecule has 2 aliphatic heterocycles. The summed E-state index contributed by atoms with van der Waals surface area (Å²) in [5, 5.41) is 0. The second kappa shape index (κ2) is 7.02. The van der Waals surface area contributed by atoms with Gasteiger partial charge in [0.1, 0.15) is 0 Å². The van der Waals surface area contributed by atoms with Crippen LogP contribution in [-0.4, -0.2) is 36.5 Å². The minimum absolute atomic E-state index is 0.0644. The number of carbonyl (C=O) groups excluding carboxylic acids is 1. The Morgan fingerprint density at radius 2 is 2.09 bits per heavy atom. The quantitative estimate of drug-likeness (QED) is 0.933. The first-order valence-corrected chi connectivity index (χ1v) is 8.79. The number of carbonyl (C=O) groups is 1. The predicted octanol–water partition coefficient (Wildman–Crippen LogP) is 2.66. The third kappa shape index (κ3) is 3.43. The Balaban J connectivity index is 1.78. The number of aryl methyl sites for hydroxylation is 1. The van der Waals surface area contributed by atoms with Crippen LogP contribution in [0.1, 0.15) is 43.4 Å². The molecule has 2 N–H and O–H groups in total. The fourth-order valence-corrected chi connectivity index (χ4v) is 3.95. The molecule has 4 atom stereocenters. The number of hydrogen-bond acceptors (Lipinski definition) is 3. The van der Waals surface area contributed by atoms with Gasteiger partial charge in [-0.2, -0.15) is 0 Å². The first-order valence-electron chi connectivity index (χ1n) is 8.79. The highest BCUT2D eigenvalue weighted by Crippen LogP contribution is 2.37.